The molecule has 132 valence electrons. The summed E-state index contributed by atoms with van der Waals surface area (Å²) in [6, 6.07) is 17.6. The molecule has 0 aliphatic carbocycles. The second-order valence-corrected chi connectivity index (χ2v) is 5.81. The zero-order valence-corrected chi connectivity index (χ0v) is 14.2. The molecule has 4 rings (SSSR count). The number of ether oxygens (including phenoxy) is 3. The maximum Gasteiger partial charge on any atom is 0.231 e. The van der Waals surface area contributed by atoms with Gasteiger partial charge in [0.1, 0.15) is 24.0 Å². The van der Waals surface area contributed by atoms with E-state index >= 15 is 0 Å². The van der Waals surface area contributed by atoms with Crippen LogP contribution in [0.25, 0.3) is 0 Å². The average molecular weight is 349 g/mol. The van der Waals surface area contributed by atoms with E-state index in [4.69, 9.17) is 14.2 Å². The Morgan fingerprint density at radius 3 is 2.81 bits per heavy atom. The van der Waals surface area contributed by atoms with Crippen LogP contribution < -0.4 is 19.5 Å². The van der Waals surface area contributed by atoms with Crippen LogP contribution >= 0.6 is 0 Å². The molecular formula is C20H19N3O3. The first-order valence-electron chi connectivity index (χ1n) is 8.49. The zero-order chi connectivity index (χ0) is 17.6. The molecule has 0 fully saturated rings. The summed E-state index contributed by atoms with van der Waals surface area (Å²) >= 11 is 0. The first-order valence-corrected chi connectivity index (χ1v) is 8.49. The van der Waals surface area contributed by atoms with Crippen LogP contribution in [0.15, 0.2) is 60.8 Å². The van der Waals surface area contributed by atoms with Crippen molar-refractivity contribution in [2.45, 2.75) is 6.42 Å². The topological polar surface area (TPSA) is 65.5 Å². The molecule has 0 radical (unpaired) electrons. The minimum absolute atomic E-state index is 0.263. The Labute approximate surface area is 151 Å². The van der Waals surface area contributed by atoms with Crippen molar-refractivity contribution in [3.63, 3.8) is 0 Å². The minimum Gasteiger partial charge on any atom is -0.492 e. The summed E-state index contributed by atoms with van der Waals surface area (Å²) in [6.45, 7) is 1.41. The molecule has 1 aliphatic heterocycles. The van der Waals surface area contributed by atoms with Crippen LogP contribution in [0.2, 0.25) is 0 Å². The highest BCUT2D eigenvalue weighted by Crippen LogP contribution is 2.34. The third-order valence-electron chi connectivity index (χ3n) is 3.93. The standard InChI is InChI=1S/C20H19N3O3/c1-2-4-15(5-3-1)12-20-21-9-8-19(23-20)22-10-11-24-16-6-7-17-18(13-16)26-14-25-17/h1-9,13H,10-12,14H2,(H,21,22,23). The van der Waals surface area contributed by atoms with E-state index in [1.165, 1.54) is 5.56 Å². The molecule has 0 atom stereocenters. The van der Waals surface area contributed by atoms with E-state index in [1.54, 1.807) is 6.20 Å². The van der Waals surface area contributed by atoms with Gasteiger partial charge in [0.15, 0.2) is 11.5 Å². The van der Waals surface area contributed by atoms with Crippen LogP contribution in [0.5, 0.6) is 17.2 Å². The first kappa shape index (κ1) is 16.2. The second-order valence-electron chi connectivity index (χ2n) is 5.81. The fourth-order valence-electron chi connectivity index (χ4n) is 2.68. The minimum atomic E-state index is 0.263. The van der Waals surface area contributed by atoms with Gasteiger partial charge in [0.2, 0.25) is 6.79 Å². The van der Waals surface area contributed by atoms with Gasteiger partial charge in [-0.15, -0.1) is 0 Å². The van der Waals surface area contributed by atoms with E-state index in [2.05, 4.69) is 27.4 Å². The summed E-state index contributed by atoms with van der Waals surface area (Å²) in [5, 5.41) is 3.26. The van der Waals surface area contributed by atoms with Crippen LogP contribution in [-0.2, 0) is 6.42 Å². The Morgan fingerprint density at radius 1 is 1.00 bits per heavy atom. The number of fused-ring (bicyclic) bond motifs is 1. The van der Waals surface area contributed by atoms with Crippen LogP contribution in [0.4, 0.5) is 5.82 Å². The van der Waals surface area contributed by atoms with E-state index < -0.39 is 0 Å². The highest BCUT2D eigenvalue weighted by atomic mass is 16.7. The van der Waals surface area contributed by atoms with Crippen LogP contribution in [0.1, 0.15) is 11.4 Å². The molecule has 26 heavy (non-hydrogen) atoms. The summed E-state index contributed by atoms with van der Waals surface area (Å²) < 4.78 is 16.4. The van der Waals surface area contributed by atoms with Crippen LogP contribution in [-0.4, -0.2) is 29.9 Å². The lowest BCUT2D eigenvalue weighted by atomic mass is 10.1. The smallest absolute Gasteiger partial charge is 0.231 e. The van der Waals surface area contributed by atoms with Crippen molar-refractivity contribution in [3.05, 3.63) is 72.2 Å². The third-order valence-corrected chi connectivity index (χ3v) is 3.93. The SMILES string of the molecule is c1ccc(Cc2nccc(NCCOc3ccc4c(c3)OCO4)n2)cc1. The molecule has 2 heterocycles. The van der Waals surface area contributed by atoms with E-state index in [9.17, 15) is 0 Å². The monoisotopic (exact) mass is 349 g/mol. The molecule has 1 aliphatic rings. The molecule has 1 aromatic heterocycles. The van der Waals surface area contributed by atoms with Gasteiger partial charge in [-0.2, -0.15) is 0 Å². The number of nitrogens with one attached hydrogen (secondary N) is 1. The third kappa shape index (κ3) is 4.03. The lowest BCUT2D eigenvalue weighted by Gasteiger charge is -2.09. The summed E-state index contributed by atoms with van der Waals surface area (Å²) in [7, 11) is 0. The van der Waals surface area contributed by atoms with Crippen molar-refractivity contribution in [2.75, 3.05) is 25.3 Å². The van der Waals surface area contributed by atoms with E-state index in [-0.39, 0.29) is 6.79 Å². The van der Waals surface area contributed by atoms with Crippen molar-refractivity contribution in [3.8, 4) is 17.2 Å². The fourth-order valence-corrected chi connectivity index (χ4v) is 2.68. The van der Waals surface area contributed by atoms with E-state index in [0.29, 0.717) is 19.6 Å². The maximum atomic E-state index is 5.74. The van der Waals surface area contributed by atoms with Gasteiger partial charge in [-0.25, -0.2) is 9.97 Å². The molecule has 6 heteroatoms. The Kier molecular flexibility index (Phi) is 4.82. The van der Waals surface area contributed by atoms with E-state index in [1.807, 2.05) is 42.5 Å². The van der Waals surface area contributed by atoms with Crippen molar-refractivity contribution in [1.29, 1.82) is 0 Å². The second kappa shape index (κ2) is 7.74. The predicted octanol–water partition coefficient (Wildman–Crippen LogP) is 3.29. The van der Waals surface area contributed by atoms with Crippen molar-refractivity contribution in [1.82, 2.24) is 9.97 Å². The van der Waals surface area contributed by atoms with Gasteiger partial charge >= 0.3 is 0 Å². The van der Waals surface area contributed by atoms with Crippen LogP contribution in [0.3, 0.4) is 0 Å². The number of benzene rings is 2. The molecule has 1 N–H and O–H groups in total. The number of rotatable bonds is 7. The number of aromatic nitrogens is 2. The fraction of sp³-hybridized carbons (Fsp3) is 0.200. The van der Waals surface area contributed by atoms with Gasteiger partial charge in [0, 0.05) is 18.7 Å². The predicted molar refractivity (Wildman–Crippen MR) is 97.8 cm³/mol. The highest BCUT2D eigenvalue weighted by Gasteiger charge is 2.13. The Hall–Kier alpha value is -3.28. The van der Waals surface area contributed by atoms with E-state index in [0.717, 1.165) is 28.9 Å². The van der Waals surface area contributed by atoms with Gasteiger partial charge in [0.05, 0.1) is 6.54 Å². The van der Waals surface area contributed by atoms with Gasteiger partial charge in [-0.3, -0.25) is 0 Å². The molecule has 2 aromatic carbocycles. The summed E-state index contributed by atoms with van der Waals surface area (Å²) in [4.78, 5) is 8.88. The summed E-state index contributed by atoms with van der Waals surface area (Å²) in [5.41, 5.74) is 1.19. The number of nitrogens with zero attached hydrogens (tertiary/aromatic N) is 2. The molecule has 0 saturated heterocycles. The van der Waals surface area contributed by atoms with Crippen molar-refractivity contribution < 1.29 is 14.2 Å². The average Bonchev–Trinajstić information content (AvgIpc) is 3.14. The van der Waals surface area contributed by atoms with Gasteiger partial charge in [-0.1, -0.05) is 30.3 Å². The zero-order valence-electron chi connectivity index (χ0n) is 14.2. The lowest BCUT2D eigenvalue weighted by Crippen LogP contribution is -2.13. The number of anilines is 1. The van der Waals surface area contributed by atoms with Gasteiger partial charge < -0.3 is 19.5 Å². The Bertz CT molecular complexity index is 871. The Morgan fingerprint density at radius 2 is 1.88 bits per heavy atom. The largest absolute Gasteiger partial charge is 0.492 e. The Balaban J connectivity index is 1.27. The molecule has 0 bridgehead atoms. The quantitative estimate of drug-likeness (QED) is 0.660. The highest BCUT2D eigenvalue weighted by molar-refractivity contribution is 5.46. The van der Waals surface area contributed by atoms with Crippen LogP contribution in [0, 0.1) is 0 Å². The number of hydrogen-bond acceptors (Lipinski definition) is 6. The molecule has 0 amide bonds. The normalized spacial score (nSPS) is 12.0. The first-order chi connectivity index (χ1) is 12.9. The van der Waals surface area contributed by atoms with Gasteiger partial charge in [-0.05, 0) is 23.8 Å². The molecule has 3 aromatic rings. The molecular weight excluding hydrogens is 330 g/mol. The molecule has 0 spiro atoms. The van der Waals surface area contributed by atoms with Gasteiger partial charge in [0.25, 0.3) is 0 Å². The number of hydrogen-bond donors (Lipinski definition) is 1. The molecule has 0 saturated carbocycles. The van der Waals surface area contributed by atoms with Crippen molar-refractivity contribution in [2.24, 2.45) is 0 Å². The molecule has 6 nitrogen and oxygen atoms in total. The lowest BCUT2D eigenvalue weighted by molar-refractivity contribution is 0.174. The summed E-state index contributed by atoms with van der Waals surface area (Å²) in [6.07, 6.45) is 2.48. The maximum absolute atomic E-state index is 5.74. The summed E-state index contributed by atoms with van der Waals surface area (Å²) in [5.74, 6) is 3.81. The van der Waals surface area contributed by atoms with Crippen molar-refractivity contribution >= 4 is 5.82 Å². The molecule has 0 unspecified atom stereocenters.